The van der Waals surface area contributed by atoms with Gasteiger partial charge in [-0.2, -0.15) is 4.99 Å². The summed E-state index contributed by atoms with van der Waals surface area (Å²) < 4.78 is 31.7. The number of para-hydroxylation sites is 1. The molecule has 0 bridgehead atoms. The molecule has 0 saturated carbocycles. The van der Waals surface area contributed by atoms with Crippen LogP contribution in [0.15, 0.2) is 71.1 Å². The predicted molar refractivity (Wildman–Crippen MR) is 110 cm³/mol. The van der Waals surface area contributed by atoms with Crippen LogP contribution in [0.2, 0.25) is 0 Å². The van der Waals surface area contributed by atoms with Gasteiger partial charge in [0.25, 0.3) is 5.91 Å². The largest absolute Gasteiger partial charge is 0.493 e. The number of sulfone groups is 1. The first-order valence-electron chi connectivity index (χ1n) is 8.58. The van der Waals surface area contributed by atoms with Gasteiger partial charge >= 0.3 is 0 Å². The van der Waals surface area contributed by atoms with E-state index in [0.29, 0.717) is 17.1 Å². The fraction of sp³-hybridized carbons (Fsp3) is 0.200. The van der Waals surface area contributed by atoms with Crippen molar-refractivity contribution in [3.05, 3.63) is 66.0 Å². The maximum Gasteiger partial charge on any atom is 0.251 e. The summed E-state index contributed by atoms with van der Waals surface area (Å²) in [6.07, 6.45) is 3.02. The van der Waals surface area contributed by atoms with E-state index >= 15 is 0 Å². The minimum Gasteiger partial charge on any atom is -0.493 e. The Hall–Kier alpha value is -2.71. The molecule has 146 valence electrons. The Morgan fingerprint density at radius 2 is 2.00 bits per heavy atom. The molecule has 1 amide bonds. The van der Waals surface area contributed by atoms with Crippen molar-refractivity contribution in [3.8, 4) is 5.75 Å². The lowest BCUT2D eigenvalue weighted by Gasteiger charge is -2.04. The number of ether oxygens (including phenoxy) is 1. The van der Waals surface area contributed by atoms with E-state index in [1.807, 2.05) is 34.9 Å². The Bertz CT molecular complexity index is 1180. The third-order valence-electron chi connectivity index (χ3n) is 3.94. The van der Waals surface area contributed by atoms with Gasteiger partial charge in [0.2, 0.25) is 0 Å². The first kappa shape index (κ1) is 20.0. The van der Waals surface area contributed by atoms with Gasteiger partial charge in [0.15, 0.2) is 14.6 Å². The zero-order chi connectivity index (χ0) is 20.1. The molecular weight excluding hydrogens is 396 g/mol. The average molecular weight is 417 g/mol. The van der Waals surface area contributed by atoms with E-state index in [-0.39, 0.29) is 23.8 Å². The van der Waals surface area contributed by atoms with Crippen LogP contribution in [-0.4, -0.2) is 31.8 Å². The zero-order valence-corrected chi connectivity index (χ0v) is 17.0. The van der Waals surface area contributed by atoms with E-state index < -0.39 is 9.84 Å². The van der Waals surface area contributed by atoms with Gasteiger partial charge in [-0.05, 0) is 30.3 Å². The highest BCUT2D eigenvalue weighted by atomic mass is 32.2. The van der Waals surface area contributed by atoms with Crippen LogP contribution >= 0.6 is 11.3 Å². The third kappa shape index (κ3) is 4.76. The van der Waals surface area contributed by atoms with Crippen LogP contribution in [0, 0.1) is 0 Å². The summed E-state index contributed by atoms with van der Waals surface area (Å²) in [6, 6.07) is 14.2. The van der Waals surface area contributed by atoms with Gasteiger partial charge in [0, 0.05) is 12.8 Å². The normalized spacial score (nSPS) is 12.2. The predicted octanol–water partition coefficient (Wildman–Crippen LogP) is 3.19. The number of hydrogen-bond acceptors (Lipinski definition) is 5. The fourth-order valence-corrected chi connectivity index (χ4v) is 4.43. The quantitative estimate of drug-likeness (QED) is 0.554. The zero-order valence-electron chi connectivity index (χ0n) is 15.4. The van der Waals surface area contributed by atoms with Gasteiger partial charge in [0.05, 0.1) is 28.1 Å². The van der Waals surface area contributed by atoms with Crippen molar-refractivity contribution in [2.24, 2.45) is 4.99 Å². The topological polar surface area (TPSA) is 77.7 Å². The lowest BCUT2D eigenvalue weighted by atomic mass is 10.3. The maximum absolute atomic E-state index is 12.3. The first-order chi connectivity index (χ1) is 13.4. The summed E-state index contributed by atoms with van der Waals surface area (Å²) in [5.41, 5.74) is 0.810. The van der Waals surface area contributed by atoms with Crippen LogP contribution in [0.5, 0.6) is 5.75 Å². The Labute approximate surface area is 167 Å². The molecule has 2 aromatic carbocycles. The molecule has 6 nitrogen and oxygen atoms in total. The second-order valence-electron chi connectivity index (χ2n) is 6.10. The van der Waals surface area contributed by atoms with Crippen molar-refractivity contribution in [2.75, 3.05) is 12.9 Å². The van der Waals surface area contributed by atoms with Crippen LogP contribution in [0.1, 0.15) is 6.42 Å². The van der Waals surface area contributed by atoms with Gasteiger partial charge in [0.1, 0.15) is 5.75 Å². The molecule has 0 unspecified atom stereocenters. The molecule has 0 atom stereocenters. The smallest absolute Gasteiger partial charge is 0.251 e. The Balaban J connectivity index is 1.86. The molecule has 1 heterocycles. The third-order valence-corrected chi connectivity index (χ3v) is 6.09. The van der Waals surface area contributed by atoms with Gasteiger partial charge in [-0.1, -0.05) is 35.6 Å². The number of rotatable bonds is 7. The lowest BCUT2D eigenvalue weighted by Crippen LogP contribution is -2.17. The van der Waals surface area contributed by atoms with E-state index in [9.17, 15) is 13.2 Å². The number of nitrogens with zero attached hydrogens (tertiary/aromatic N) is 2. The number of fused-ring (bicyclic) bond motifs is 1. The standard InChI is InChI=1S/C20H20N2O4S2/c1-3-12-22-17-10-9-16(28(2,24)25)14-18(17)27-20(22)21-19(23)11-13-26-15-7-5-4-6-8-15/h3-10,14H,1,11-13H2,2H3. The van der Waals surface area contributed by atoms with Gasteiger partial charge in [-0.15, -0.1) is 6.58 Å². The first-order valence-corrected chi connectivity index (χ1v) is 11.3. The molecule has 0 spiro atoms. The molecule has 28 heavy (non-hydrogen) atoms. The number of hydrogen-bond donors (Lipinski definition) is 0. The highest BCUT2D eigenvalue weighted by molar-refractivity contribution is 7.90. The van der Waals surface area contributed by atoms with Crippen molar-refractivity contribution in [2.45, 2.75) is 17.9 Å². The molecule has 3 rings (SSSR count). The molecular formula is C20H20N2O4S2. The highest BCUT2D eigenvalue weighted by Gasteiger charge is 2.12. The molecule has 0 saturated heterocycles. The summed E-state index contributed by atoms with van der Waals surface area (Å²) in [5.74, 6) is 0.399. The van der Waals surface area contributed by atoms with Crippen molar-refractivity contribution in [3.63, 3.8) is 0 Å². The molecule has 0 radical (unpaired) electrons. The molecule has 0 N–H and O–H groups in total. The summed E-state index contributed by atoms with van der Waals surface area (Å²) >= 11 is 1.27. The molecule has 0 fully saturated rings. The Kier molecular flexibility index (Phi) is 6.11. The minimum absolute atomic E-state index is 0.145. The number of aromatic nitrogens is 1. The van der Waals surface area contributed by atoms with Crippen molar-refractivity contribution >= 4 is 37.3 Å². The van der Waals surface area contributed by atoms with Gasteiger partial charge in [-0.3, -0.25) is 4.79 Å². The van der Waals surface area contributed by atoms with Crippen LogP contribution < -0.4 is 9.54 Å². The monoisotopic (exact) mass is 416 g/mol. The summed E-state index contributed by atoms with van der Waals surface area (Å²) in [5, 5.41) is 0. The number of thiazole rings is 1. The highest BCUT2D eigenvalue weighted by Crippen LogP contribution is 2.22. The fourth-order valence-electron chi connectivity index (χ4n) is 2.61. The molecule has 0 aliphatic carbocycles. The number of carbonyl (C=O) groups is 1. The average Bonchev–Trinajstić information content (AvgIpc) is 2.99. The number of benzene rings is 2. The second kappa shape index (κ2) is 8.53. The van der Waals surface area contributed by atoms with Gasteiger partial charge in [-0.25, -0.2) is 8.42 Å². The van der Waals surface area contributed by atoms with Gasteiger partial charge < -0.3 is 9.30 Å². The van der Waals surface area contributed by atoms with E-state index in [4.69, 9.17) is 4.74 Å². The van der Waals surface area contributed by atoms with Crippen LogP contribution in [-0.2, 0) is 21.2 Å². The SMILES string of the molecule is C=CCn1c(=NC(=O)CCOc2ccccc2)sc2cc(S(C)(=O)=O)ccc21. The summed E-state index contributed by atoms with van der Waals surface area (Å²) in [7, 11) is -3.31. The number of allylic oxidation sites excluding steroid dienone is 1. The van der Waals surface area contributed by atoms with Crippen molar-refractivity contribution in [1.82, 2.24) is 4.57 Å². The Morgan fingerprint density at radius 3 is 2.68 bits per heavy atom. The van der Waals surface area contributed by atoms with E-state index in [1.165, 1.54) is 17.6 Å². The van der Waals surface area contributed by atoms with Crippen LogP contribution in [0.3, 0.4) is 0 Å². The van der Waals surface area contributed by atoms with E-state index in [0.717, 1.165) is 10.2 Å². The number of amides is 1. The Morgan fingerprint density at radius 1 is 1.25 bits per heavy atom. The maximum atomic E-state index is 12.3. The molecule has 0 aliphatic rings. The summed E-state index contributed by atoms with van der Waals surface area (Å²) in [6.45, 7) is 4.44. The van der Waals surface area contributed by atoms with E-state index in [2.05, 4.69) is 11.6 Å². The van der Waals surface area contributed by atoms with Crippen molar-refractivity contribution in [1.29, 1.82) is 0 Å². The minimum atomic E-state index is -3.31. The van der Waals surface area contributed by atoms with Crippen molar-refractivity contribution < 1.29 is 17.9 Å². The molecule has 1 aromatic heterocycles. The van der Waals surface area contributed by atoms with Crippen LogP contribution in [0.4, 0.5) is 0 Å². The number of carbonyl (C=O) groups excluding carboxylic acids is 1. The molecule has 3 aromatic rings. The molecule has 0 aliphatic heterocycles. The summed E-state index contributed by atoms with van der Waals surface area (Å²) in [4.78, 5) is 17.2. The lowest BCUT2D eigenvalue weighted by molar-refractivity contribution is -0.118. The van der Waals surface area contributed by atoms with Crippen LogP contribution in [0.25, 0.3) is 10.2 Å². The second-order valence-corrected chi connectivity index (χ2v) is 9.13. The van der Waals surface area contributed by atoms with E-state index in [1.54, 1.807) is 24.3 Å². The molecule has 8 heteroatoms.